The molecule has 1 atom stereocenters. The minimum Gasteiger partial charge on any atom is -0.329 e. The van der Waals surface area contributed by atoms with Crippen molar-refractivity contribution < 1.29 is 4.79 Å². The minimum absolute atomic E-state index is 0.0374. The zero-order valence-electron chi connectivity index (χ0n) is 13.9. The zero-order valence-corrected chi connectivity index (χ0v) is 13.9. The number of fused-ring (bicyclic) bond motifs is 1. The first-order valence-corrected chi connectivity index (χ1v) is 8.27. The third kappa shape index (κ3) is 2.51. The summed E-state index contributed by atoms with van der Waals surface area (Å²) in [7, 11) is 0. The van der Waals surface area contributed by atoms with Gasteiger partial charge in [0.15, 0.2) is 0 Å². The summed E-state index contributed by atoms with van der Waals surface area (Å²) in [6, 6.07) is 19.7. The maximum absolute atomic E-state index is 13.2. The molecule has 0 aromatic heterocycles. The van der Waals surface area contributed by atoms with Gasteiger partial charge in [0, 0.05) is 11.8 Å². The lowest BCUT2D eigenvalue weighted by Gasteiger charge is -2.34. The van der Waals surface area contributed by atoms with Gasteiger partial charge in [0.1, 0.15) is 5.54 Å². The van der Waals surface area contributed by atoms with Crippen LogP contribution < -0.4 is 0 Å². The van der Waals surface area contributed by atoms with Crippen LogP contribution in [-0.4, -0.2) is 16.2 Å². The summed E-state index contributed by atoms with van der Waals surface area (Å²) in [5.41, 5.74) is 2.62. The first-order valence-electron chi connectivity index (χ1n) is 8.27. The molecule has 0 amide bonds. The van der Waals surface area contributed by atoms with Crippen molar-refractivity contribution in [2.24, 2.45) is 0 Å². The van der Waals surface area contributed by atoms with Gasteiger partial charge in [0.05, 0.1) is 11.3 Å². The molecule has 2 aromatic carbocycles. The summed E-state index contributed by atoms with van der Waals surface area (Å²) >= 11 is 0. The van der Waals surface area contributed by atoms with Crippen molar-refractivity contribution in [2.75, 3.05) is 0 Å². The first kappa shape index (κ1) is 15.2. The fourth-order valence-corrected chi connectivity index (χ4v) is 3.24. The summed E-state index contributed by atoms with van der Waals surface area (Å²) < 4.78 is 0. The Morgan fingerprint density at radius 3 is 2.28 bits per heavy atom. The SMILES string of the molecule is CC12C=CC=CN1C(c1ccccc1)=C(C#Cc1ccccc1)C2=O. The van der Waals surface area contributed by atoms with Crippen molar-refractivity contribution >= 4 is 11.5 Å². The topological polar surface area (TPSA) is 20.3 Å². The van der Waals surface area contributed by atoms with E-state index in [1.807, 2.05) is 96.9 Å². The second-order valence-corrected chi connectivity index (χ2v) is 6.25. The molecule has 120 valence electrons. The van der Waals surface area contributed by atoms with Gasteiger partial charge in [-0.1, -0.05) is 72.5 Å². The Hall–Kier alpha value is -3.31. The lowest BCUT2D eigenvalue weighted by atomic mass is 9.92. The molecule has 25 heavy (non-hydrogen) atoms. The molecule has 2 aromatic rings. The normalized spacial score (nSPS) is 21.2. The maximum atomic E-state index is 13.2. The van der Waals surface area contributed by atoms with Crippen molar-refractivity contribution in [3.8, 4) is 11.8 Å². The molecule has 0 fully saturated rings. The molecule has 2 heterocycles. The molecular weight excluding hydrogens is 306 g/mol. The Kier molecular flexibility index (Phi) is 3.63. The van der Waals surface area contributed by atoms with Crippen molar-refractivity contribution in [2.45, 2.75) is 12.5 Å². The molecule has 2 heteroatoms. The van der Waals surface area contributed by atoms with E-state index < -0.39 is 5.54 Å². The average molecular weight is 323 g/mol. The molecule has 2 nitrogen and oxygen atoms in total. The number of Topliss-reactive ketones (excluding diaryl/α,β-unsaturated/α-hetero) is 1. The van der Waals surface area contributed by atoms with Gasteiger partial charge in [0.2, 0.25) is 5.78 Å². The predicted octanol–water partition coefficient (Wildman–Crippen LogP) is 4.18. The fraction of sp³-hybridized carbons (Fsp3) is 0.0870. The van der Waals surface area contributed by atoms with Crippen molar-refractivity contribution in [3.63, 3.8) is 0 Å². The molecule has 0 bridgehead atoms. The van der Waals surface area contributed by atoms with E-state index in [0.29, 0.717) is 5.57 Å². The number of benzene rings is 2. The molecule has 0 aliphatic carbocycles. The van der Waals surface area contributed by atoms with Crippen molar-refractivity contribution in [3.05, 3.63) is 102 Å². The van der Waals surface area contributed by atoms with Crippen LogP contribution in [-0.2, 0) is 4.79 Å². The molecular formula is C23H17NO. The van der Waals surface area contributed by atoms with E-state index in [-0.39, 0.29) is 5.78 Å². The Balaban J connectivity index is 1.90. The Bertz CT molecular complexity index is 971. The summed E-state index contributed by atoms with van der Waals surface area (Å²) in [6.07, 6.45) is 7.77. The number of hydrogen-bond acceptors (Lipinski definition) is 2. The molecule has 1 unspecified atom stereocenters. The van der Waals surface area contributed by atoms with E-state index in [0.717, 1.165) is 16.8 Å². The van der Waals surface area contributed by atoms with Crippen LogP contribution in [0.1, 0.15) is 18.1 Å². The largest absolute Gasteiger partial charge is 0.329 e. The van der Waals surface area contributed by atoms with E-state index in [9.17, 15) is 4.79 Å². The fourth-order valence-electron chi connectivity index (χ4n) is 3.24. The lowest BCUT2D eigenvalue weighted by Crippen LogP contribution is -2.43. The number of allylic oxidation sites excluding steroid dienone is 2. The van der Waals surface area contributed by atoms with Crippen molar-refractivity contribution in [1.29, 1.82) is 0 Å². The third-order valence-corrected chi connectivity index (χ3v) is 4.58. The molecule has 0 saturated carbocycles. The molecule has 0 N–H and O–H groups in total. The quantitative estimate of drug-likeness (QED) is 0.734. The van der Waals surface area contributed by atoms with E-state index in [1.54, 1.807) is 0 Å². The number of carbonyl (C=O) groups excluding carboxylic acids is 1. The molecule has 4 rings (SSSR count). The number of hydrogen-bond donors (Lipinski definition) is 0. The molecule has 0 radical (unpaired) electrons. The number of carbonyl (C=O) groups is 1. The van der Waals surface area contributed by atoms with Gasteiger partial charge in [-0.25, -0.2) is 0 Å². The minimum atomic E-state index is -0.708. The van der Waals surface area contributed by atoms with Gasteiger partial charge in [0.25, 0.3) is 0 Å². The van der Waals surface area contributed by atoms with Gasteiger partial charge in [-0.05, 0) is 30.7 Å². The van der Waals surface area contributed by atoms with Gasteiger partial charge >= 0.3 is 0 Å². The molecule has 2 aliphatic heterocycles. The summed E-state index contributed by atoms with van der Waals surface area (Å²) in [5.74, 6) is 6.33. The third-order valence-electron chi connectivity index (χ3n) is 4.58. The highest BCUT2D eigenvalue weighted by Crippen LogP contribution is 2.41. The van der Waals surface area contributed by atoms with Crippen LogP contribution in [0.3, 0.4) is 0 Å². The van der Waals surface area contributed by atoms with Crippen LogP contribution in [0.2, 0.25) is 0 Å². The highest BCUT2D eigenvalue weighted by atomic mass is 16.1. The van der Waals surface area contributed by atoms with Gasteiger partial charge < -0.3 is 4.90 Å². The highest BCUT2D eigenvalue weighted by Gasteiger charge is 2.47. The van der Waals surface area contributed by atoms with Crippen LogP contribution in [0.15, 0.2) is 90.7 Å². The second-order valence-electron chi connectivity index (χ2n) is 6.25. The number of nitrogens with zero attached hydrogens (tertiary/aromatic N) is 1. The van der Waals surface area contributed by atoms with Crippen LogP contribution in [0.25, 0.3) is 5.70 Å². The molecule has 2 aliphatic rings. The summed E-state index contributed by atoms with van der Waals surface area (Å²) in [6.45, 7) is 1.94. The first-order chi connectivity index (χ1) is 12.2. The van der Waals surface area contributed by atoms with Crippen LogP contribution in [0.4, 0.5) is 0 Å². The zero-order chi connectivity index (χ0) is 17.3. The van der Waals surface area contributed by atoms with Crippen molar-refractivity contribution in [1.82, 2.24) is 4.90 Å². The monoisotopic (exact) mass is 323 g/mol. The van der Waals surface area contributed by atoms with E-state index in [4.69, 9.17) is 0 Å². The van der Waals surface area contributed by atoms with Gasteiger partial charge in [-0.2, -0.15) is 0 Å². The Morgan fingerprint density at radius 1 is 0.880 bits per heavy atom. The van der Waals surface area contributed by atoms with E-state index >= 15 is 0 Å². The maximum Gasteiger partial charge on any atom is 0.202 e. The van der Waals surface area contributed by atoms with E-state index in [2.05, 4.69) is 11.8 Å². The molecule has 0 spiro atoms. The average Bonchev–Trinajstić information content (AvgIpc) is 2.89. The lowest BCUT2D eigenvalue weighted by molar-refractivity contribution is -0.119. The predicted molar refractivity (Wildman–Crippen MR) is 100 cm³/mol. The second kappa shape index (κ2) is 5.96. The number of rotatable bonds is 1. The standard InChI is InChI=1S/C23H17NO/c1-23-16-8-9-17-24(23)21(19-12-6-3-7-13-19)20(22(23)25)15-14-18-10-4-2-5-11-18/h2-13,16-17H,1H3. The van der Waals surface area contributed by atoms with E-state index in [1.165, 1.54) is 0 Å². The van der Waals surface area contributed by atoms with Crippen LogP contribution in [0, 0.1) is 11.8 Å². The summed E-state index contributed by atoms with van der Waals surface area (Å²) in [4.78, 5) is 15.2. The van der Waals surface area contributed by atoms with Crippen LogP contribution >= 0.6 is 0 Å². The highest BCUT2D eigenvalue weighted by molar-refractivity contribution is 6.17. The summed E-state index contributed by atoms with van der Waals surface area (Å²) in [5, 5.41) is 0. The Morgan fingerprint density at radius 2 is 1.56 bits per heavy atom. The van der Waals surface area contributed by atoms with Gasteiger partial charge in [-0.3, -0.25) is 4.79 Å². The van der Waals surface area contributed by atoms with Crippen LogP contribution in [0.5, 0.6) is 0 Å². The number of ketones is 1. The molecule has 0 saturated heterocycles. The van der Waals surface area contributed by atoms with Gasteiger partial charge in [-0.15, -0.1) is 0 Å². The smallest absolute Gasteiger partial charge is 0.202 e. The Labute approximate surface area is 147 Å².